The van der Waals surface area contributed by atoms with Gasteiger partial charge in [-0.3, -0.25) is 9.69 Å². The van der Waals surface area contributed by atoms with Gasteiger partial charge < -0.3 is 5.11 Å². The van der Waals surface area contributed by atoms with Crippen LogP contribution in [-0.4, -0.2) is 29.1 Å². The summed E-state index contributed by atoms with van der Waals surface area (Å²) in [5, 5.41) is 11.6. The number of rotatable bonds is 4. The van der Waals surface area contributed by atoms with Gasteiger partial charge in [0, 0.05) is 17.0 Å². The first kappa shape index (κ1) is 14.5. The van der Waals surface area contributed by atoms with Crippen LogP contribution in [0.15, 0.2) is 17.5 Å². The topological polar surface area (TPSA) is 40.5 Å². The number of carbonyl (C=O) groups is 1. The molecule has 0 amide bonds. The van der Waals surface area contributed by atoms with E-state index in [0.717, 1.165) is 25.7 Å². The Bertz CT molecular complexity index is 404. The largest absolute Gasteiger partial charge is 0.481 e. The van der Waals surface area contributed by atoms with E-state index in [0.29, 0.717) is 6.04 Å². The number of carboxylic acids is 1. The fourth-order valence-corrected chi connectivity index (χ4v) is 3.92. The van der Waals surface area contributed by atoms with E-state index >= 15 is 0 Å². The standard InChI is InChI=1S/C15H23NO2S/c1-11(14-9-6-10-19-14)16(2)13-8-5-3-4-7-12(13)15(17)18/h6,9-13H,3-5,7-8H2,1-2H3,(H,17,18). The van der Waals surface area contributed by atoms with E-state index < -0.39 is 5.97 Å². The molecule has 0 spiro atoms. The molecule has 2 rings (SSSR count). The number of nitrogens with zero attached hydrogens (tertiary/aromatic N) is 1. The highest BCUT2D eigenvalue weighted by atomic mass is 32.1. The lowest BCUT2D eigenvalue weighted by Gasteiger charge is -2.35. The Balaban J connectivity index is 2.14. The third kappa shape index (κ3) is 3.37. The second-order valence-electron chi connectivity index (χ2n) is 5.51. The molecule has 3 unspecified atom stereocenters. The molecule has 4 heteroatoms. The van der Waals surface area contributed by atoms with Crippen LogP contribution in [0.4, 0.5) is 0 Å². The molecule has 3 atom stereocenters. The minimum atomic E-state index is -0.628. The predicted molar refractivity (Wildman–Crippen MR) is 78.5 cm³/mol. The van der Waals surface area contributed by atoms with Crippen LogP contribution in [0.3, 0.4) is 0 Å². The predicted octanol–water partition coefficient (Wildman–Crippen LogP) is 3.77. The van der Waals surface area contributed by atoms with Gasteiger partial charge in [0.1, 0.15) is 0 Å². The van der Waals surface area contributed by atoms with Gasteiger partial charge in [0.05, 0.1) is 5.92 Å². The number of aliphatic carboxylic acids is 1. The summed E-state index contributed by atoms with van der Waals surface area (Å²) >= 11 is 1.75. The molecule has 1 N–H and O–H groups in total. The summed E-state index contributed by atoms with van der Waals surface area (Å²) in [5.74, 6) is -0.841. The van der Waals surface area contributed by atoms with Crippen molar-refractivity contribution in [2.75, 3.05) is 7.05 Å². The molecular formula is C15H23NO2S. The van der Waals surface area contributed by atoms with Crippen molar-refractivity contribution in [1.82, 2.24) is 4.90 Å². The van der Waals surface area contributed by atoms with Crippen LogP contribution in [-0.2, 0) is 4.79 Å². The number of hydrogen-bond donors (Lipinski definition) is 1. The summed E-state index contributed by atoms with van der Waals surface area (Å²) in [5.41, 5.74) is 0. The Morgan fingerprint density at radius 3 is 2.79 bits per heavy atom. The SMILES string of the molecule is CC(c1cccs1)N(C)C1CCCCCC1C(=O)O. The molecule has 0 radical (unpaired) electrons. The Morgan fingerprint density at radius 2 is 2.16 bits per heavy atom. The van der Waals surface area contributed by atoms with E-state index in [1.807, 2.05) is 0 Å². The van der Waals surface area contributed by atoms with Crippen molar-refractivity contribution in [3.8, 4) is 0 Å². The molecule has 1 aliphatic rings. The van der Waals surface area contributed by atoms with Gasteiger partial charge in [-0.1, -0.05) is 25.3 Å². The van der Waals surface area contributed by atoms with Crippen LogP contribution in [0.1, 0.15) is 49.9 Å². The van der Waals surface area contributed by atoms with Crippen LogP contribution >= 0.6 is 11.3 Å². The first-order valence-corrected chi connectivity index (χ1v) is 7.97. The average molecular weight is 281 g/mol. The zero-order valence-corrected chi connectivity index (χ0v) is 12.5. The van der Waals surface area contributed by atoms with E-state index in [9.17, 15) is 9.90 Å². The molecule has 19 heavy (non-hydrogen) atoms. The van der Waals surface area contributed by atoms with Gasteiger partial charge in [0.25, 0.3) is 0 Å². The van der Waals surface area contributed by atoms with Crippen LogP contribution < -0.4 is 0 Å². The zero-order chi connectivity index (χ0) is 13.8. The third-order valence-electron chi connectivity index (χ3n) is 4.39. The van der Waals surface area contributed by atoms with Crippen LogP contribution in [0.25, 0.3) is 0 Å². The molecule has 0 aromatic carbocycles. The van der Waals surface area contributed by atoms with Gasteiger partial charge in [0.15, 0.2) is 0 Å². The van der Waals surface area contributed by atoms with Gasteiger partial charge in [-0.2, -0.15) is 0 Å². The second kappa shape index (κ2) is 6.53. The minimum Gasteiger partial charge on any atom is -0.481 e. The maximum atomic E-state index is 11.5. The number of hydrogen-bond acceptors (Lipinski definition) is 3. The summed E-state index contributed by atoms with van der Waals surface area (Å²) < 4.78 is 0. The minimum absolute atomic E-state index is 0.164. The lowest BCUT2D eigenvalue weighted by molar-refractivity contribution is -0.144. The summed E-state index contributed by atoms with van der Waals surface area (Å²) in [4.78, 5) is 15.1. The van der Waals surface area contributed by atoms with E-state index in [4.69, 9.17) is 0 Å². The van der Waals surface area contributed by atoms with Crippen molar-refractivity contribution < 1.29 is 9.90 Å². The van der Waals surface area contributed by atoms with Crippen molar-refractivity contribution in [3.05, 3.63) is 22.4 Å². The van der Waals surface area contributed by atoms with Crippen LogP contribution in [0.5, 0.6) is 0 Å². The normalized spacial score (nSPS) is 26.1. The van der Waals surface area contributed by atoms with Gasteiger partial charge in [-0.25, -0.2) is 0 Å². The molecule has 1 fully saturated rings. The number of thiophene rings is 1. The maximum Gasteiger partial charge on any atom is 0.308 e. The lowest BCUT2D eigenvalue weighted by Crippen LogP contribution is -2.42. The molecule has 1 aromatic heterocycles. The molecule has 0 aliphatic heterocycles. The molecule has 1 aromatic rings. The summed E-state index contributed by atoms with van der Waals surface area (Å²) in [7, 11) is 2.08. The Hall–Kier alpha value is -0.870. The van der Waals surface area contributed by atoms with E-state index in [-0.39, 0.29) is 12.0 Å². The molecule has 0 saturated heterocycles. The molecule has 1 heterocycles. The molecule has 1 saturated carbocycles. The fraction of sp³-hybridized carbons (Fsp3) is 0.667. The highest BCUT2D eigenvalue weighted by Gasteiger charge is 2.34. The van der Waals surface area contributed by atoms with Crippen molar-refractivity contribution >= 4 is 17.3 Å². The molecule has 3 nitrogen and oxygen atoms in total. The molecule has 106 valence electrons. The van der Waals surface area contributed by atoms with E-state index in [1.54, 1.807) is 11.3 Å². The first-order chi connectivity index (χ1) is 9.11. The molecule has 0 bridgehead atoms. The van der Waals surface area contributed by atoms with E-state index in [1.165, 1.54) is 11.3 Å². The monoisotopic (exact) mass is 281 g/mol. The number of carboxylic acid groups (broad SMARTS) is 1. The maximum absolute atomic E-state index is 11.5. The summed E-state index contributed by atoms with van der Waals surface area (Å²) in [6.07, 6.45) is 5.19. The summed E-state index contributed by atoms with van der Waals surface area (Å²) in [6, 6.07) is 4.66. The highest BCUT2D eigenvalue weighted by molar-refractivity contribution is 7.10. The van der Waals surface area contributed by atoms with Crippen LogP contribution in [0, 0.1) is 5.92 Å². The fourth-order valence-electron chi connectivity index (χ4n) is 3.08. The van der Waals surface area contributed by atoms with Crippen molar-refractivity contribution in [2.45, 2.75) is 51.1 Å². The van der Waals surface area contributed by atoms with Gasteiger partial charge in [-0.15, -0.1) is 11.3 Å². The quantitative estimate of drug-likeness (QED) is 0.854. The smallest absolute Gasteiger partial charge is 0.308 e. The van der Waals surface area contributed by atoms with Gasteiger partial charge in [-0.05, 0) is 38.3 Å². The van der Waals surface area contributed by atoms with Crippen molar-refractivity contribution in [3.63, 3.8) is 0 Å². The Kier molecular flexibility index (Phi) is 4.99. The van der Waals surface area contributed by atoms with Crippen molar-refractivity contribution in [1.29, 1.82) is 0 Å². The van der Waals surface area contributed by atoms with E-state index in [2.05, 4.69) is 36.4 Å². The average Bonchev–Trinajstić information content (AvgIpc) is 2.80. The first-order valence-electron chi connectivity index (χ1n) is 7.09. The Morgan fingerprint density at radius 1 is 1.42 bits per heavy atom. The molecular weight excluding hydrogens is 258 g/mol. The van der Waals surface area contributed by atoms with Gasteiger partial charge in [0.2, 0.25) is 0 Å². The Labute approximate surface area is 119 Å². The van der Waals surface area contributed by atoms with Gasteiger partial charge >= 0.3 is 5.97 Å². The third-order valence-corrected chi connectivity index (χ3v) is 5.43. The summed E-state index contributed by atoms with van der Waals surface area (Å²) in [6.45, 7) is 2.18. The van der Waals surface area contributed by atoms with Crippen LogP contribution in [0.2, 0.25) is 0 Å². The lowest BCUT2D eigenvalue weighted by atomic mass is 9.92. The molecule has 1 aliphatic carbocycles. The highest BCUT2D eigenvalue weighted by Crippen LogP contribution is 2.33. The second-order valence-corrected chi connectivity index (χ2v) is 6.49. The zero-order valence-electron chi connectivity index (χ0n) is 11.7. The van der Waals surface area contributed by atoms with Crippen molar-refractivity contribution in [2.24, 2.45) is 5.92 Å².